The molecule has 2 aliphatic rings. The average molecular weight is 396 g/mol. The maximum atomic E-state index is 13.3. The summed E-state index contributed by atoms with van der Waals surface area (Å²) in [6.07, 6.45) is 0.941. The number of thiophene rings is 1. The number of likely N-dealkylation sites (N-methyl/N-ethyl adjacent to an activating group) is 1. The summed E-state index contributed by atoms with van der Waals surface area (Å²) < 4.78 is 0. The molecule has 2 aromatic heterocycles. The second-order valence-corrected chi connectivity index (χ2v) is 9.39. The van der Waals surface area contributed by atoms with Crippen LogP contribution in [0.4, 0.5) is 0 Å². The van der Waals surface area contributed by atoms with Gasteiger partial charge in [-0.25, -0.2) is 4.98 Å². The molecule has 27 heavy (non-hydrogen) atoms. The molecule has 0 N–H and O–H groups in total. The monoisotopic (exact) mass is 395 g/mol. The highest BCUT2D eigenvalue weighted by Gasteiger charge is 2.32. The number of hydrogen-bond donors (Lipinski definition) is 0. The molecule has 0 bridgehead atoms. The first-order valence-corrected chi connectivity index (χ1v) is 11.0. The molecular formula is C21H21N3OS2. The third-order valence-corrected chi connectivity index (χ3v) is 7.53. The quantitative estimate of drug-likeness (QED) is 0.659. The van der Waals surface area contributed by atoms with Gasteiger partial charge >= 0.3 is 0 Å². The maximum absolute atomic E-state index is 13.3. The maximum Gasteiger partial charge on any atom is 0.283 e. The minimum absolute atomic E-state index is 0.0770. The van der Waals surface area contributed by atoms with Crippen LogP contribution in [0.1, 0.15) is 42.3 Å². The van der Waals surface area contributed by atoms with Crippen molar-refractivity contribution in [1.29, 1.82) is 0 Å². The molecule has 1 unspecified atom stereocenters. The zero-order valence-electron chi connectivity index (χ0n) is 15.2. The Hall–Kier alpha value is -2.02. The second-order valence-electron chi connectivity index (χ2n) is 7.33. The van der Waals surface area contributed by atoms with Crippen LogP contribution in [0, 0.1) is 0 Å². The Morgan fingerprint density at radius 3 is 2.93 bits per heavy atom. The van der Waals surface area contributed by atoms with Crippen LogP contribution >= 0.6 is 22.7 Å². The number of nitrogens with zero attached hydrogens (tertiary/aromatic N) is 3. The van der Waals surface area contributed by atoms with Crippen molar-refractivity contribution in [2.75, 3.05) is 20.1 Å². The van der Waals surface area contributed by atoms with Gasteiger partial charge in [0, 0.05) is 48.3 Å². The smallest absolute Gasteiger partial charge is 0.283 e. The average Bonchev–Trinajstić information content (AvgIpc) is 3.36. The van der Waals surface area contributed by atoms with Gasteiger partial charge in [-0.1, -0.05) is 30.3 Å². The van der Waals surface area contributed by atoms with Crippen LogP contribution in [0.5, 0.6) is 0 Å². The summed E-state index contributed by atoms with van der Waals surface area (Å²) in [5.74, 6) is 0.327. The van der Waals surface area contributed by atoms with Crippen molar-refractivity contribution in [1.82, 2.24) is 14.8 Å². The number of aromatic nitrogens is 1. The van der Waals surface area contributed by atoms with Gasteiger partial charge in [0.2, 0.25) is 0 Å². The number of carbonyl (C=O) groups excluding carboxylic acids is 1. The van der Waals surface area contributed by atoms with E-state index < -0.39 is 0 Å². The Morgan fingerprint density at radius 2 is 2.07 bits per heavy atom. The number of hydrogen-bond acceptors (Lipinski definition) is 5. The molecule has 6 heteroatoms. The zero-order chi connectivity index (χ0) is 18.4. The third kappa shape index (κ3) is 3.12. The van der Waals surface area contributed by atoms with Crippen molar-refractivity contribution in [3.63, 3.8) is 0 Å². The van der Waals surface area contributed by atoms with E-state index >= 15 is 0 Å². The summed E-state index contributed by atoms with van der Waals surface area (Å²) in [7, 11) is 2.12. The molecule has 4 nitrogen and oxygen atoms in total. The summed E-state index contributed by atoms with van der Waals surface area (Å²) in [5, 5.41) is 2.77. The number of fused-ring (bicyclic) bond motifs is 2. The Labute approximate surface area is 167 Å². The fraction of sp³-hybridized carbons (Fsp3) is 0.333. The molecule has 1 aromatic carbocycles. The van der Waals surface area contributed by atoms with Crippen molar-refractivity contribution in [3.05, 3.63) is 73.4 Å². The first-order chi connectivity index (χ1) is 13.2. The molecule has 4 heterocycles. The van der Waals surface area contributed by atoms with E-state index in [0.29, 0.717) is 11.6 Å². The molecule has 1 atom stereocenters. The predicted octanol–water partition coefficient (Wildman–Crippen LogP) is 3.98. The van der Waals surface area contributed by atoms with Crippen LogP contribution in [0.15, 0.2) is 41.8 Å². The number of carbonyl (C=O) groups is 1. The number of rotatable bonds is 2. The van der Waals surface area contributed by atoms with Crippen molar-refractivity contribution >= 4 is 28.6 Å². The highest BCUT2D eigenvalue weighted by molar-refractivity contribution is 7.13. The van der Waals surface area contributed by atoms with Crippen LogP contribution in [0.3, 0.4) is 0 Å². The Balaban J connectivity index is 1.46. The molecule has 0 aliphatic carbocycles. The van der Waals surface area contributed by atoms with Crippen molar-refractivity contribution in [2.24, 2.45) is 0 Å². The lowest BCUT2D eigenvalue weighted by molar-refractivity contribution is 0.0725. The summed E-state index contributed by atoms with van der Waals surface area (Å²) in [5.41, 5.74) is 3.72. The molecule has 5 rings (SSSR count). The highest BCUT2D eigenvalue weighted by Crippen LogP contribution is 2.36. The Bertz CT molecular complexity index is 979. The van der Waals surface area contributed by atoms with Crippen LogP contribution in [-0.4, -0.2) is 40.8 Å². The lowest BCUT2D eigenvalue weighted by Gasteiger charge is -2.34. The minimum Gasteiger partial charge on any atom is -0.331 e. The summed E-state index contributed by atoms with van der Waals surface area (Å²) in [4.78, 5) is 24.8. The van der Waals surface area contributed by atoms with Gasteiger partial charge in [-0.15, -0.1) is 22.7 Å². The van der Waals surface area contributed by atoms with Crippen molar-refractivity contribution in [3.8, 4) is 0 Å². The fourth-order valence-electron chi connectivity index (χ4n) is 4.04. The van der Waals surface area contributed by atoms with E-state index in [1.165, 1.54) is 20.9 Å². The molecule has 0 radical (unpaired) electrons. The van der Waals surface area contributed by atoms with Gasteiger partial charge in [0.15, 0.2) is 5.01 Å². The van der Waals surface area contributed by atoms with E-state index in [0.717, 1.165) is 31.7 Å². The largest absolute Gasteiger partial charge is 0.331 e. The van der Waals surface area contributed by atoms with E-state index in [9.17, 15) is 4.79 Å². The standard InChI is InChI=1S/C21H21N3OS2/c1-23-9-8-17-19(13-23)27-20(22-17)21(25)24-11-14-5-2-3-6-15(14)16(12-24)18-7-4-10-26-18/h2-7,10,16H,8-9,11-13H2,1H3. The normalized spacial score (nSPS) is 19.6. The minimum atomic E-state index is 0.0770. The van der Waals surface area contributed by atoms with Gasteiger partial charge in [-0.05, 0) is 29.6 Å². The molecule has 0 saturated heterocycles. The second kappa shape index (κ2) is 6.86. The fourth-order valence-corrected chi connectivity index (χ4v) is 6.04. The van der Waals surface area contributed by atoms with Crippen LogP contribution in [-0.2, 0) is 19.5 Å². The number of thiazole rings is 1. The molecule has 1 amide bonds. The third-order valence-electron chi connectivity index (χ3n) is 5.47. The van der Waals surface area contributed by atoms with Crippen LogP contribution < -0.4 is 0 Å². The first kappa shape index (κ1) is 17.1. The summed E-state index contributed by atoms with van der Waals surface area (Å²) in [6, 6.07) is 12.8. The van der Waals surface area contributed by atoms with E-state index in [1.54, 1.807) is 22.7 Å². The molecular weight excluding hydrogens is 374 g/mol. The number of amides is 1. The van der Waals surface area contributed by atoms with Gasteiger partial charge in [0.05, 0.1) is 5.69 Å². The van der Waals surface area contributed by atoms with Crippen LogP contribution in [0.25, 0.3) is 0 Å². The van der Waals surface area contributed by atoms with E-state index in [-0.39, 0.29) is 11.8 Å². The zero-order valence-corrected chi connectivity index (χ0v) is 16.9. The van der Waals surface area contributed by atoms with Gasteiger partial charge in [-0.3, -0.25) is 4.79 Å². The summed E-state index contributed by atoms with van der Waals surface area (Å²) >= 11 is 3.35. The highest BCUT2D eigenvalue weighted by atomic mass is 32.1. The number of benzene rings is 1. The van der Waals surface area contributed by atoms with Gasteiger partial charge in [0.25, 0.3) is 5.91 Å². The molecule has 0 spiro atoms. The molecule has 0 fully saturated rings. The Kier molecular flexibility index (Phi) is 4.34. The van der Waals surface area contributed by atoms with Crippen molar-refractivity contribution in [2.45, 2.75) is 25.4 Å². The molecule has 2 aliphatic heterocycles. The lowest BCUT2D eigenvalue weighted by Crippen LogP contribution is -2.38. The van der Waals surface area contributed by atoms with Crippen molar-refractivity contribution < 1.29 is 4.79 Å². The molecule has 0 saturated carbocycles. The van der Waals surface area contributed by atoms with E-state index in [4.69, 9.17) is 4.98 Å². The first-order valence-electron chi connectivity index (χ1n) is 9.26. The van der Waals surface area contributed by atoms with Gasteiger partial charge in [-0.2, -0.15) is 0 Å². The van der Waals surface area contributed by atoms with E-state index in [1.807, 2.05) is 4.90 Å². The topological polar surface area (TPSA) is 36.4 Å². The lowest BCUT2D eigenvalue weighted by atomic mass is 9.88. The summed E-state index contributed by atoms with van der Waals surface area (Å²) in [6.45, 7) is 3.31. The molecule has 138 valence electrons. The Morgan fingerprint density at radius 1 is 1.19 bits per heavy atom. The van der Waals surface area contributed by atoms with E-state index in [2.05, 4.69) is 53.7 Å². The molecule has 3 aromatic rings. The SMILES string of the molecule is CN1CCc2nc(C(=O)N3Cc4ccccc4C(c4cccs4)C3)sc2C1. The van der Waals surface area contributed by atoms with Gasteiger partial charge < -0.3 is 9.80 Å². The van der Waals surface area contributed by atoms with Crippen LogP contribution in [0.2, 0.25) is 0 Å². The van der Waals surface area contributed by atoms with Gasteiger partial charge in [0.1, 0.15) is 0 Å². The predicted molar refractivity (Wildman–Crippen MR) is 109 cm³/mol.